The molecule has 3 rings (SSSR count). The fraction of sp³-hybridized carbons (Fsp3) is 0.211. The maximum atomic E-state index is 13.2. The van der Waals surface area contributed by atoms with E-state index >= 15 is 0 Å². The average Bonchev–Trinajstić information content (AvgIpc) is 2.83. The molecule has 1 heterocycles. The molecule has 0 saturated heterocycles. The summed E-state index contributed by atoms with van der Waals surface area (Å²) in [4.78, 5) is 0. The molecule has 1 unspecified atom stereocenters. The van der Waals surface area contributed by atoms with Gasteiger partial charge in [0.1, 0.15) is 11.0 Å². The highest BCUT2D eigenvalue weighted by Crippen LogP contribution is 2.23. The second kappa shape index (κ2) is 7.93. The Morgan fingerprint density at radius 1 is 1.08 bits per heavy atom. The van der Waals surface area contributed by atoms with E-state index in [1.807, 2.05) is 37.3 Å². The van der Waals surface area contributed by atoms with Crippen LogP contribution in [0.5, 0.6) is 0 Å². The average molecular weight is 377 g/mol. The normalized spacial score (nSPS) is 12.3. The van der Waals surface area contributed by atoms with E-state index in [9.17, 15) is 8.60 Å². The Hall–Kier alpha value is -1.98. The van der Waals surface area contributed by atoms with Gasteiger partial charge in [0.05, 0.1) is 18.0 Å². The van der Waals surface area contributed by atoms with Crippen LogP contribution in [0.1, 0.15) is 22.4 Å². The van der Waals surface area contributed by atoms with Crippen LogP contribution in [-0.4, -0.2) is 14.0 Å². The molecule has 0 aliphatic carbocycles. The summed E-state index contributed by atoms with van der Waals surface area (Å²) in [6, 6.07) is 16.1. The monoisotopic (exact) mass is 376 g/mol. The van der Waals surface area contributed by atoms with E-state index in [2.05, 4.69) is 5.10 Å². The Kier molecular flexibility index (Phi) is 5.66. The molecule has 3 aromatic rings. The van der Waals surface area contributed by atoms with Gasteiger partial charge in [-0.2, -0.15) is 5.10 Å². The van der Waals surface area contributed by atoms with E-state index in [-0.39, 0.29) is 11.6 Å². The number of aryl methyl sites for hydroxylation is 1. The van der Waals surface area contributed by atoms with Gasteiger partial charge in [0, 0.05) is 22.1 Å². The van der Waals surface area contributed by atoms with E-state index in [1.54, 1.807) is 16.8 Å². The van der Waals surface area contributed by atoms with Crippen LogP contribution in [0.3, 0.4) is 0 Å². The highest BCUT2D eigenvalue weighted by Gasteiger charge is 2.16. The molecule has 0 saturated carbocycles. The van der Waals surface area contributed by atoms with Gasteiger partial charge in [-0.15, -0.1) is 0 Å². The van der Waals surface area contributed by atoms with Crippen LogP contribution < -0.4 is 0 Å². The zero-order valence-electron chi connectivity index (χ0n) is 13.8. The number of aromatic nitrogens is 2. The molecule has 25 heavy (non-hydrogen) atoms. The van der Waals surface area contributed by atoms with Crippen molar-refractivity contribution < 1.29 is 8.60 Å². The maximum Gasteiger partial charge on any atom is 0.131 e. The molecule has 0 spiro atoms. The summed E-state index contributed by atoms with van der Waals surface area (Å²) in [6.07, 6.45) is 0. The Bertz CT molecular complexity index is 896. The van der Waals surface area contributed by atoms with Crippen molar-refractivity contribution >= 4 is 22.4 Å². The number of hydrogen-bond acceptors (Lipinski definition) is 2. The molecule has 3 nitrogen and oxygen atoms in total. The smallest absolute Gasteiger partial charge is 0.131 e. The minimum atomic E-state index is -1.19. The first-order valence-corrected chi connectivity index (χ1v) is 9.74. The van der Waals surface area contributed by atoms with E-state index in [4.69, 9.17) is 11.6 Å². The lowest BCUT2D eigenvalue weighted by Crippen LogP contribution is -2.03. The quantitative estimate of drug-likeness (QED) is 0.635. The number of rotatable bonds is 6. The summed E-state index contributed by atoms with van der Waals surface area (Å²) in [5.74, 6) is 0.271. The molecule has 0 aliphatic heterocycles. The van der Waals surface area contributed by atoms with Crippen molar-refractivity contribution in [3.63, 3.8) is 0 Å². The topological polar surface area (TPSA) is 34.9 Å². The predicted octanol–water partition coefficient (Wildman–Crippen LogP) is 4.48. The Morgan fingerprint density at radius 2 is 1.80 bits per heavy atom. The van der Waals surface area contributed by atoms with Crippen molar-refractivity contribution in [2.45, 2.75) is 25.0 Å². The molecule has 1 atom stereocenters. The largest absolute Gasteiger partial charge is 0.259 e. The molecule has 0 aliphatic rings. The molecule has 6 heteroatoms. The van der Waals surface area contributed by atoms with Crippen molar-refractivity contribution in [2.24, 2.45) is 0 Å². The minimum Gasteiger partial charge on any atom is -0.259 e. The summed E-state index contributed by atoms with van der Waals surface area (Å²) in [7, 11) is -1.19. The van der Waals surface area contributed by atoms with Crippen LogP contribution >= 0.6 is 11.6 Å². The molecular weight excluding hydrogens is 359 g/mol. The van der Waals surface area contributed by atoms with Gasteiger partial charge in [0.15, 0.2) is 0 Å². The molecule has 0 N–H and O–H groups in total. The number of halogens is 2. The van der Waals surface area contributed by atoms with Crippen molar-refractivity contribution in [1.82, 2.24) is 9.78 Å². The molecule has 130 valence electrons. The van der Waals surface area contributed by atoms with Crippen LogP contribution in [0.25, 0.3) is 0 Å². The van der Waals surface area contributed by atoms with Crippen LogP contribution in [0.2, 0.25) is 5.15 Å². The molecule has 0 amide bonds. The van der Waals surface area contributed by atoms with E-state index in [0.29, 0.717) is 23.0 Å². The lowest BCUT2D eigenvalue weighted by molar-refractivity contribution is 0.626. The Morgan fingerprint density at radius 3 is 2.52 bits per heavy atom. The van der Waals surface area contributed by atoms with Gasteiger partial charge in [-0.05, 0) is 30.2 Å². The van der Waals surface area contributed by atoms with Gasteiger partial charge in [-0.25, -0.2) is 9.07 Å². The van der Waals surface area contributed by atoms with Crippen LogP contribution in [0.15, 0.2) is 54.6 Å². The standard InChI is InChI=1S/C19H18ClFN2OS/c1-14-18(13-25(24)12-16-8-5-9-17(21)10-16)19(20)23(22-14)11-15-6-3-2-4-7-15/h2-10H,11-13H2,1H3. The second-order valence-corrected chi connectivity index (χ2v) is 7.67. The van der Waals surface area contributed by atoms with Crippen molar-refractivity contribution in [2.75, 3.05) is 0 Å². The lowest BCUT2D eigenvalue weighted by Gasteiger charge is -2.05. The highest BCUT2D eigenvalue weighted by atomic mass is 35.5. The van der Waals surface area contributed by atoms with Crippen molar-refractivity contribution in [3.8, 4) is 0 Å². The number of nitrogens with zero attached hydrogens (tertiary/aromatic N) is 2. The van der Waals surface area contributed by atoms with E-state index in [1.165, 1.54) is 12.1 Å². The van der Waals surface area contributed by atoms with Crippen LogP contribution in [-0.2, 0) is 28.9 Å². The first-order chi connectivity index (χ1) is 12.0. The summed E-state index contributed by atoms with van der Waals surface area (Å²) in [5, 5.41) is 4.98. The molecular formula is C19H18ClFN2OS. The summed E-state index contributed by atoms with van der Waals surface area (Å²) >= 11 is 6.46. The van der Waals surface area contributed by atoms with Gasteiger partial charge in [-0.3, -0.25) is 4.21 Å². The van der Waals surface area contributed by atoms with Crippen molar-refractivity contribution in [3.05, 3.63) is 88.0 Å². The van der Waals surface area contributed by atoms with Gasteiger partial charge < -0.3 is 0 Å². The van der Waals surface area contributed by atoms with Gasteiger partial charge in [-0.1, -0.05) is 54.1 Å². The molecule has 0 fully saturated rings. The fourth-order valence-electron chi connectivity index (χ4n) is 2.64. The van der Waals surface area contributed by atoms with E-state index < -0.39 is 10.8 Å². The van der Waals surface area contributed by atoms with Gasteiger partial charge in [0.25, 0.3) is 0 Å². The maximum absolute atomic E-state index is 13.2. The number of hydrogen-bond donors (Lipinski definition) is 0. The summed E-state index contributed by atoms with van der Waals surface area (Å²) in [5.41, 5.74) is 3.36. The minimum absolute atomic E-state index is 0.289. The number of benzene rings is 2. The molecule has 0 radical (unpaired) electrons. The first-order valence-electron chi connectivity index (χ1n) is 7.88. The SMILES string of the molecule is Cc1nn(Cc2ccccc2)c(Cl)c1CS(=O)Cc1cccc(F)c1. The third-order valence-electron chi connectivity index (χ3n) is 3.88. The lowest BCUT2D eigenvalue weighted by atomic mass is 10.2. The van der Waals surface area contributed by atoms with Crippen molar-refractivity contribution in [1.29, 1.82) is 0 Å². The highest BCUT2D eigenvalue weighted by molar-refractivity contribution is 7.83. The second-order valence-electron chi connectivity index (χ2n) is 5.86. The molecule has 0 bridgehead atoms. The van der Waals surface area contributed by atoms with E-state index in [0.717, 1.165) is 16.8 Å². The first kappa shape index (κ1) is 17.8. The van der Waals surface area contributed by atoms with Gasteiger partial charge in [0.2, 0.25) is 0 Å². The summed E-state index contributed by atoms with van der Waals surface area (Å²) < 4.78 is 27.4. The predicted molar refractivity (Wildman–Crippen MR) is 99.5 cm³/mol. The zero-order valence-corrected chi connectivity index (χ0v) is 15.4. The summed E-state index contributed by atoms with van der Waals surface area (Å²) in [6.45, 7) is 2.43. The third kappa shape index (κ3) is 4.55. The van der Waals surface area contributed by atoms with Crippen LogP contribution in [0, 0.1) is 12.7 Å². The fourth-order valence-corrected chi connectivity index (χ4v) is 4.34. The van der Waals surface area contributed by atoms with Crippen LogP contribution in [0.4, 0.5) is 4.39 Å². The molecule has 2 aromatic carbocycles. The molecule has 1 aromatic heterocycles. The van der Waals surface area contributed by atoms with Gasteiger partial charge >= 0.3 is 0 Å². The zero-order chi connectivity index (χ0) is 17.8. The Labute approximate surface area is 153 Å². The Balaban J connectivity index is 1.73. The third-order valence-corrected chi connectivity index (χ3v) is 5.57.